The molecule has 0 aliphatic heterocycles. The second-order valence-corrected chi connectivity index (χ2v) is 3.19. The molecular formula is C12H10FNO. The molecule has 1 N–H and O–H groups in total. The van der Waals surface area contributed by atoms with Crippen LogP contribution in [0.5, 0.6) is 0 Å². The van der Waals surface area contributed by atoms with Crippen molar-refractivity contribution in [2.24, 2.45) is 0 Å². The molecule has 0 amide bonds. The van der Waals surface area contributed by atoms with Gasteiger partial charge in [0.05, 0.1) is 18.0 Å². The Hall–Kier alpha value is -1.74. The fourth-order valence-corrected chi connectivity index (χ4v) is 1.39. The summed E-state index contributed by atoms with van der Waals surface area (Å²) in [6, 6.07) is 11.9. The van der Waals surface area contributed by atoms with Gasteiger partial charge in [0.15, 0.2) is 0 Å². The molecule has 0 atom stereocenters. The van der Waals surface area contributed by atoms with E-state index in [4.69, 9.17) is 5.11 Å². The third kappa shape index (κ3) is 2.19. The fourth-order valence-electron chi connectivity index (χ4n) is 1.39. The molecule has 1 aromatic carbocycles. The summed E-state index contributed by atoms with van der Waals surface area (Å²) in [7, 11) is 0. The molecule has 3 heteroatoms. The lowest BCUT2D eigenvalue weighted by molar-refractivity contribution is 0.276. The van der Waals surface area contributed by atoms with Crippen molar-refractivity contribution in [2.75, 3.05) is 0 Å². The van der Waals surface area contributed by atoms with Crippen LogP contribution < -0.4 is 0 Å². The lowest BCUT2D eigenvalue weighted by atomic mass is 10.1. The van der Waals surface area contributed by atoms with Gasteiger partial charge < -0.3 is 5.11 Å². The summed E-state index contributed by atoms with van der Waals surface area (Å²) in [6.07, 6.45) is 0. The lowest BCUT2D eigenvalue weighted by Crippen LogP contribution is -1.93. The van der Waals surface area contributed by atoms with Crippen LogP contribution in [0.25, 0.3) is 11.3 Å². The Labute approximate surface area is 87.0 Å². The van der Waals surface area contributed by atoms with Crippen LogP contribution >= 0.6 is 0 Å². The van der Waals surface area contributed by atoms with Gasteiger partial charge in [0.2, 0.25) is 0 Å². The standard InChI is InChI=1S/C12H10FNO/c13-10-6-11(8-15)14-12(7-10)9-4-2-1-3-5-9/h1-7,15H,8H2. The van der Waals surface area contributed by atoms with Crippen molar-refractivity contribution in [3.05, 3.63) is 54.0 Å². The van der Waals surface area contributed by atoms with E-state index in [-0.39, 0.29) is 12.4 Å². The van der Waals surface area contributed by atoms with E-state index in [2.05, 4.69) is 4.98 Å². The molecular weight excluding hydrogens is 193 g/mol. The molecule has 0 unspecified atom stereocenters. The van der Waals surface area contributed by atoms with Crippen LogP contribution in [-0.4, -0.2) is 10.1 Å². The molecule has 0 saturated carbocycles. The van der Waals surface area contributed by atoms with Crippen LogP contribution in [0.3, 0.4) is 0 Å². The van der Waals surface area contributed by atoms with Gasteiger partial charge in [0.25, 0.3) is 0 Å². The van der Waals surface area contributed by atoms with Crippen LogP contribution in [0, 0.1) is 5.82 Å². The molecule has 2 nitrogen and oxygen atoms in total. The van der Waals surface area contributed by atoms with Crippen LogP contribution in [0.4, 0.5) is 4.39 Å². The monoisotopic (exact) mass is 203 g/mol. The van der Waals surface area contributed by atoms with E-state index in [0.717, 1.165) is 5.56 Å². The molecule has 0 aliphatic carbocycles. The molecule has 15 heavy (non-hydrogen) atoms. The molecule has 2 rings (SSSR count). The summed E-state index contributed by atoms with van der Waals surface area (Å²) in [5.41, 5.74) is 1.72. The largest absolute Gasteiger partial charge is 0.390 e. The molecule has 0 spiro atoms. The Kier molecular flexibility index (Phi) is 2.74. The summed E-state index contributed by atoms with van der Waals surface area (Å²) >= 11 is 0. The molecule has 2 aromatic rings. The fraction of sp³-hybridized carbons (Fsp3) is 0.0833. The van der Waals surface area contributed by atoms with Crippen molar-refractivity contribution >= 4 is 0 Å². The van der Waals surface area contributed by atoms with Crippen molar-refractivity contribution in [2.45, 2.75) is 6.61 Å². The first-order valence-electron chi connectivity index (χ1n) is 4.62. The molecule has 76 valence electrons. The normalized spacial score (nSPS) is 10.3. The zero-order valence-corrected chi connectivity index (χ0v) is 8.02. The number of nitrogens with zero attached hydrogens (tertiary/aromatic N) is 1. The summed E-state index contributed by atoms with van der Waals surface area (Å²) in [5, 5.41) is 8.90. The van der Waals surface area contributed by atoms with Gasteiger partial charge in [-0.25, -0.2) is 4.39 Å². The number of aliphatic hydroxyl groups is 1. The maximum atomic E-state index is 13.1. The van der Waals surface area contributed by atoms with E-state index in [9.17, 15) is 4.39 Å². The summed E-state index contributed by atoms with van der Waals surface area (Å²) in [6.45, 7) is -0.252. The topological polar surface area (TPSA) is 33.1 Å². The second-order valence-electron chi connectivity index (χ2n) is 3.19. The molecule has 0 saturated heterocycles. The Morgan fingerprint density at radius 1 is 1.13 bits per heavy atom. The maximum absolute atomic E-state index is 13.1. The predicted molar refractivity (Wildman–Crippen MR) is 55.6 cm³/mol. The average Bonchev–Trinajstić information content (AvgIpc) is 2.29. The zero-order valence-electron chi connectivity index (χ0n) is 8.02. The number of hydrogen-bond donors (Lipinski definition) is 1. The van der Waals surface area contributed by atoms with Crippen LogP contribution in [0.15, 0.2) is 42.5 Å². The van der Waals surface area contributed by atoms with Gasteiger partial charge in [0, 0.05) is 11.6 Å². The van der Waals surface area contributed by atoms with Crippen LogP contribution in [0.2, 0.25) is 0 Å². The first-order valence-corrected chi connectivity index (χ1v) is 4.62. The minimum atomic E-state index is -0.382. The first-order chi connectivity index (χ1) is 7.29. The Bertz CT molecular complexity index is 456. The zero-order chi connectivity index (χ0) is 10.7. The molecule has 0 bridgehead atoms. The third-order valence-electron chi connectivity index (χ3n) is 2.07. The number of aromatic nitrogens is 1. The number of rotatable bonds is 2. The summed E-state index contributed by atoms with van der Waals surface area (Å²) in [4.78, 5) is 4.13. The van der Waals surface area contributed by atoms with E-state index in [1.807, 2.05) is 30.3 Å². The summed E-state index contributed by atoms with van der Waals surface area (Å²) < 4.78 is 13.1. The SMILES string of the molecule is OCc1cc(F)cc(-c2ccccc2)n1. The molecule has 0 fully saturated rings. The number of halogens is 1. The average molecular weight is 203 g/mol. The van der Waals surface area contributed by atoms with E-state index < -0.39 is 0 Å². The van der Waals surface area contributed by atoms with Gasteiger partial charge in [-0.1, -0.05) is 30.3 Å². The minimum Gasteiger partial charge on any atom is -0.390 e. The van der Waals surface area contributed by atoms with E-state index >= 15 is 0 Å². The highest BCUT2D eigenvalue weighted by Gasteiger charge is 2.03. The molecule has 1 heterocycles. The number of pyridine rings is 1. The highest BCUT2D eigenvalue weighted by molar-refractivity contribution is 5.58. The maximum Gasteiger partial charge on any atom is 0.127 e. The van der Waals surface area contributed by atoms with Crippen molar-refractivity contribution in [1.82, 2.24) is 4.98 Å². The lowest BCUT2D eigenvalue weighted by Gasteiger charge is -2.03. The Morgan fingerprint density at radius 2 is 1.87 bits per heavy atom. The van der Waals surface area contributed by atoms with E-state index in [0.29, 0.717) is 11.4 Å². The van der Waals surface area contributed by atoms with Gasteiger partial charge >= 0.3 is 0 Å². The van der Waals surface area contributed by atoms with Crippen molar-refractivity contribution in [1.29, 1.82) is 0 Å². The summed E-state index contributed by atoms with van der Waals surface area (Å²) in [5.74, 6) is -0.382. The molecule has 0 radical (unpaired) electrons. The van der Waals surface area contributed by atoms with Crippen molar-refractivity contribution < 1.29 is 9.50 Å². The van der Waals surface area contributed by atoms with Gasteiger partial charge in [-0.05, 0) is 6.07 Å². The quantitative estimate of drug-likeness (QED) is 0.812. The van der Waals surface area contributed by atoms with Gasteiger partial charge in [0.1, 0.15) is 5.82 Å². The third-order valence-corrected chi connectivity index (χ3v) is 2.07. The van der Waals surface area contributed by atoms with Gasteiger partial charge in [-0.3, -0.25) is 4.98 Å². The van der Waals surface area contributed by atoms with Crippen molar-refractivity contribution in [3.8, 4) is 11.3 Å². The number of aliphatic hydroxyl groups excluding tert-OH is 1. The Balaban J connectivity index is 2.49. The highest BCUT2D eigenvalue weighted by Crippen LogP contribution is 2.18. The van der Waals surface area contributed by atoms with Gasteiger partial charge in [-0.15, -0.1) is 0 Å². The Morgan fingerprint density at radius 3 is 2.53 bits per heavy atom. The van der Waals surface area contributed by atoms with E-state index in [1.165, 1.54) is 12.1 Å². The number of benzene rings is 1. The smallest absolute Gasteiger partial charge is 0.127 e. The van der Waals surface area contributed by atoms with Crippen LogP contribution in [0.1, 0.15) is 5.69 Å². The second kappa shape index (κ2) is 4.19. The van der Waals surface area contributed by atoms with Crippen molar-refractivity contribution in [3.63, 3.8) is 0 Å². The predicted octanol–water partition coefficient (Wildman–Crippen LogP) is 2.38. The highest BCUT2D eigenvalue weighted by atomic mass is 19.1. The minimum absolute atomic E-state index is 0.252. The molecule has 0 aliphatic rings. The van der Waals surface area contributed by atoms with E-state index in [1.54, 1.807) is 0 Å². The van der Waals surface area contributed by atoms with Crippen LogP contribution in [-0.2, 0) is 6.61 Å². The van der Waals surface area contributed by atoms with Gasteiger partial charge in [-0.2, -0.15) is 0 Å². The first kappa shape index (κ1) is 9.80. The number of hydrogen-bond acceptors (Lipinski definition) is 2. The molecule has 1 aromatic heterocycles.